The van der Waals surface area contributed by atoms with E-state index in [-0.39, 0.29) is 0 Å². The van der Waals surface area contributed by atoms with Gasteiger partial charge in [0.2, 0.25) is 0 Å². The second kappa shape index (κ2) is 5.33. The Morgan fingerprint density at radius 1 is 1.56 bits per heavy atom. The lowest BCUT2D eigenvalue weighted by molar-refractivity contribution is 0.615. The normalized spacial score (nSPS) is 19.4. The maximum atomic E-state index is 8.98. The lowest BCUT2D eigenvalue weighted by Crippen LogP contribution is -2.17. The highest BCUT2D eigenvalue weighted by molar-refractivity contribution is 9.10. The number of benzene rings is 1. The van der Waals surface area contributed by atoms with E-state index in [0.717, 1.165) is 29.8 Å². The van der Waals surface area contributed by atoms with Crippen molar-refractivity contribution >= 4 is 21.6 Å². The van der Waals surface area contributed by atoms with Crippen LogP contribution in [0.2, 0.25) is 0 Å². The van der Waals surface area contributed by atoms with Gasteiger partial charge in [-0.05, 0) is 43.6 Å². The van der Waals surface area contributed by atoms with Crippen molar-refractivity contribution in [3.63, 3.8) is 0 Å². The molecule has 1 saturated heterocycles. The fourth-order valence-corrected chi connectivity index (χ4v) is 2.26. The summed E-state index contributed by atoms with van der Waals surface area (Å²) < 4.78 is 0.999. The lowest BCUT2D eigenvalue weighted by Gasteiger charge is -2.12. The summed E-state index contributed by atoms with van der Waals surface area (Å²) in [6.07, 6.45) is 1.21. The van der Waals surface area contributed by atoms with Crippen molar-refractivity contribution in [1.29, 1.82) is 5.26 Å². The van der Waals surface area contributed by atoms with E-state index in [1.807, 2.05) is 18.2 Å². The third-order valence-electron chi connectivity index (χ3n) is 2.85. The first-order valence-electron chi connectivity index (χ1n) is 5.44. The van der Waals surface area contributed by atoms with Gasteiger partial charge in [-0.25, -0.2) is 0 Å². The summed E-state index contributed by atoms with van der Waals surface area (Å²) in [5.41, 5.74) is 1.62. The first kappa shape index (κ1) is 11.4. The number of hydrogen-bond acceptors (Lipinski definition) is 3. The smallest absolute Gasteiger partial charge is 0.101 e. The zero-order valence-corrected chi connectivity index (χ0v) is 10.5. The second-order valence-electron chi connectivity index (χ2n) is 4.04. The molecule has 0 aromatic heterocycles. The van der Waals surface area contributed by atoms with Crippen molar-refractivity contribution in [3.05, 3.63) is 28.2 Å². The summed E-state index contributed by atoms with van der Waals surface area (Å²) in [7, 11) is 0. The minimum Gasteiger partial charge on any atom is -0.384 e. The molecular formula is C12H14BrN3. The van der Waals surface area contributed by atoms with Gasteiger partial charge in [-0.15, -0.1) is 0 Å². The summed E-state index contributed by atoms with van der Waals surface area (Å²) >= 11 is 3.42. The quantitative estimate of drug-likeness (QED) is 0.893. The van der Waals surface area contributed by atoms with Gasteiger partial charge in [-0.1, -0.05) is 15.9 Å². The third-order valence-corrected chi connectivity index (χ3v) is 3.34. The second-order valence-corrected chi connectivity index (χ2v) is 4.96. The van der Waals surface area contributed by atoms with Crippen molar-refractivity contribution in [2.75, 3.05) is 25.0 Å². The summed E-state index contributed by atoms with van der Waals surface area (Å²) in [5.74, 6) is 0.672. The number of anilines is 1. The van der Waals surface area contributed by atoms with Crippen LogP contribution >= 0.6 is 15.9 Å². The zero-order valence-electron chi connectivity index (χ0n) is 8.96. The SMILES string of the molecule is N#Cc1ccc(Br)cc1NCC1CCNC1. The minimum absolute atomic E-state index is 0.672. The molecule has 1 unspecified atom stereocenters. The molecule has 3 nitrogen and oxygen atoms in total. The largest absolute Gasteiger partial charge is 0.384 e. The number of nitriles is 1. The number of rotatable bonds is 3. The van der Waals surface area contributed by atoms with Gasteiger partial charge < -0.3 is 10.6 Å². The van der Waals surface area contributed by atoms with Gasteiger partial charge in [0, 0.05) is 11.0 Å². The molecule has 1 fully saturated rings. The molecule has 1 atom stereocenters. The predicted molar refractivity (Wildman–Crippen MR) is 68.3 cm³/mol. The van der Waals surface area contributed by atoms with E-state index < -0.39 is 0 Å². The van der Waals surface area contributed by atoms with Gasteiger partial charge in [0.15, 0.2) is 0 Å². The minimum atomic E-state index is 0.672. The van der Waals surface area contributed by atoms with Gasteiger partial charge in [-0.2, -0.15) is 5.26 Å². The Morgan fingerprint density at radius 3 is 3.12 bits per heavy atom. The van der Waals surface area contributed by atoms with E-state index in [2.05, 4.69) is 32.6 Å². The molecule has 2 rings (SSSR count). The Hall–Kier alpha value is -1.05. The number of hydrogen-bond donors (Lipinski definition) is 2. The van der Waals surface area contributed by atoms with Crippen molar-refractivity contribution in [2.24, 2.45) is 5.92 Å². The summed E-state index contributed by atoms with van der Waals surface area (Å²) in [5, 5.41) is 15.7. The highest BCUT2D eigenvalue weighted by atomic mass is 79.9. The molecule has 0 bridgehead atoms. The first-order valence-corrected chi connectivity index (χ1v) is 6.23. The van der Waals surface area contributed by atoms with Crippen LogP contribution in [0.1, 0.15) is 12.0 Å². The Kier molecular flexibility index (Phi) is 3.81. The Labute approximate surface area is 104 Å². The third kappa shape index (κ3) is 2.75. The lowest BCUT2D eigenvalue weighted by atomic mass is 10.1. The molecule has 4 heteroatoms. The number of nitrogens with zero attached hydrogens (tertiary/aromatic N) is 1. The van der Waals surface area contributed by atoms with Gasteiger partial charge in [0.05, 0.1) is 11.3 Å². The summed E-state index contributed by atoms with van der Waals surface area (Å²) in [6.45, 7) is 3.11. The van der Waals surface area contributed by atoms with Crippen LogP contribution in [-0.4, -0.2) is 19.6 Å². The number of halogens is 1. The molecule has 1 heterocycles. The average Bonchev–Trinajstić information content (AvgIpc) is 2.79. The Balaban J connectivity index is 2.02. The van der Waals surface area contributed by atoms with Crippen LogP contribution in [0.3, 0.4) is 0 Å². The number of nitrogens with one attached hydrogen (secondary N) is 2. The van der Waals surface area contributed by atoms with Gasteiger partial charge in [-0.3, -0.25) is 0 Å². The Bertz CT molecular complexity index is 405. The van der Waals surface area contributed by atoms with Crippen molar-refractivity contribution < 1.29 is 0 Å². The van der Waals surface area contributed by atoms with Crippen molar-refractivity contribution in [3.8, 4) is 6.07 Å². The molecule has 1 aromatic carbocycles. The first-order chi connectivity index (χ1) is 7.79. The van der Waals surface area contributed by atoms with Gasteiger partial charge in [0.25, 0.3) is 0 Å². The molecule has 1 aliphatic heterocycles. The monoisotopic (exact) mass is 279 g/mol. The fourth-order valence-electron chi connectivity index (χ4n) is 1.90. The molecule has 0 radical (unpaired) electrons. The molecule has 0 spiro atoms. The summed E-state index contributed by atoms with van der Waals surface area (Å²) in [4.78, 5) is 0. The molecule has 0 amide bonds. The van der Waals surface area contributed by atoms with E-state index in [9.17, 15) is 0 Å². The molecule has 84 valence electrons. The van der Waals surface area contributed by atoms with E-state index >= 15 is 0 Å². The van der Waals surface area contributed by atoms with E-state index in [0.29, 0.717) is 11.5 Å². The highest BCUT2D eigenvalue weighted by Crippen LogP contribution is 2.21. The van der Waals surface area contributed by atoms with Gasteiger partial charge >= 0.3 is 0 Å². The molecular weight excluding hydrogens is 266 g/mol. The van der Waals surface area contributed by atoms with Crippen LogP contribution < -0.4 is 10.6 Å². The van der Waals surface area contributed by atoms with Crippen molar-refractivity contribution in [2.45, 2.75) is 6.42 Å². The van der Waals surface area contributed by atoms with Crippen LogP contribution in [0.5, 0.6) is 0 Å². The van der Waals surface area contributed by atoms with E-state index in [1.165, 1.54) is 6.42 Å². The fraction of sp³-hybridized carbons (Fsp3) is 0.417. The van der Waals surface area contributed by atoms with Crippen LogP contribution in [0, 0.1) is 17.2 Å². The molecule has 1 aliphatic rings. The van der Waals surface area contributed by atoms with Gasteiger partial charge in [0.1, 0.15) is 6.07 Å². The maximum absolute atomic E-state index is 8.98. The molecule has 1 aromatic rings. The molecule has 0 saturated carbocycles. The molecule has 2 N–H and O–H groups in total. The predicted octanol–water partition coefficient (Wildman–Crippen LogP) is 2.34. The standard InChI is InChI=1S/C12H14BrN3/c13-11-2-1-10(6-14)12(5-11)16-8-9-3-4-15-7-9/h1-2,5,9,15-16H,3-4,7-8H2. The maximum Gasteiger partial charge on any atom is 0.101 e. The molecule has 16 heavy (non-hydrogen) atoms. The highest BCUT2D eigenvalue weighted by Gasteiger charge is 2.14. The average molecular weight is 280 g/mol. The van der Waals surface area contributed by atoms with Crippen molar-refractivity contribution in [1.82, 2.24) is 5.32 Å². The Morgan fingerprint density at radius 2 is 2.44 bits per heavy atom. The van der Waals surface area contributed by atoms with Crippen LogP contribution in [0.4, 0.5) is 5.69 Å². The van der Waals surface area contributed by atoms with E-state index in [1.54, 1.807) is 0 Å². The topological polar surface area (TPSA) is 47.9 Å². The van der Waals surface area contributed by atoms with Crippen LogP contribution in [-0.2, 0) is 0 Å². The molecule has 0 aliphatic carbocycles. The zero-order chi connectivity index (χ0) is 11.4. The summed E-state index contributed by atoms with van der Waals surface area (Å²) in [6, 6.07) is 7.88. The van der Waals surface area contributed by atoms with Crippen LogP contribution in [0.25, 0.3) is 0 Å². The van der Waals surface area contributed by atoms with Crippen LogP contribution in [0.15, 0.2) is 22.7 Å². The van der Waals surface area contributed by atoms with E-state index in [4.69, 9.17) is 5.26 Å².